The van der Waals surface area contributed by atoms with Crippen molar-refractivity contribution in [2.75, 3.05) is 6.54 Å². The molecule has 98 valence electrons. The van der Waals surface area contributed by atoms with Gasteiger partial charge in [0, 0.05) is 19.4 Å². The van der Waals surface area contributed by atoms with Crippen molar-refractivity contribution in [3.05, 3.63) is 11.7 Å². The van der Waals surface area contributed by atoms with E-state index in [4.69, 9.17) is 9.63 Å². The molecule has 1 aromatic rings. The molecule has 1 aliphatic heterocycles. The van der Waals surface area contributed by atoms with Crippen molar-refractivity contribution in [1.82, 2.24) is 15.0 Å². The number of carboxylic acids is 1. The van der Waals surface area contributed by atoms with Crippen LogP contribution in [0.3, 0.4) is 0 Å². The Kier molecular flexibility index (Phi) is 3.59. The summed E-state index contributed by atoms with van der Waals surface area (Å²) in [4.78, 5) is 28.3. The van der Waals surface area contributed by atoms with E-state index in [9.17, 15) is 9.59 Å². The van der Waals surface area contributed by atoms with Gasteiger partial charge in [0.15, 0.2) is 5.82 Å². The number of carboxylic acid groups (broad SMARTS) is 1. The van der Waals surface area contributed by atoms with Crippen molar-refractivity contribution >= 4 is 11.9 Å². The van der Waals surface area contributed by atoms with E-state index in [0.29, 0.717) is 31.1 Å². The summed E-state index contributed by atoms with van der Waals surface area (Å²) in [6.07, 6.45) is 1.82. The third-order valence-corrected chi connectivity index (χ3v) is 2.98. The number of aliphatic carboxylic acids is 1. The molecule has 0 aromatic carbocycles. The van der Waals surface area contributed by atoms with Gasteiger partial charge in [-0.1, -0.05) is 5.16 Å². The van der Waals surface area contributed by atoms with E-state index in [2.05, 4.69) is 10.1 Å². The lowest BCUT2D eigenvalue weighted by atomic mass is 10.2. The molecule has 1 aliphatic rings. The molecule has 2 heterocycles. The van der Waals surface area contributed by atoms with Crippen LogP contribution in [-0.2, 0) is 16.0 Å². The summed E-state index contributed by atoms with van der Waals surface area (Å²) in [5.41, 5.74) is 0. The maximum Gasteiger partial charge on any atom is 0.326 e. The zero-order valence-electron chi connectivity index (χ0n) is 10.1. The van der Waals surface area contributed by atoms with E-state index in [0.717, 1.165) is 6.42 Å². The maximum atomic E-state index is 11.9. The average Bonchev–Trinajstić information content (AvgIpc) is 2.94. The highest BCUT2D eigenvalue weighted by molar-refractivity contribution is 5.84. The largest absolute Gasteiger partial charge is 0.480 e. The van der Waals surface area contributed by atoms with Gasteiger partial charge >= 0.3 is 5.97 Å². The number of hydrogen-bond acceptors (Lipinski definition) is 5. The first kappa shape index (κ1) is 12.5. The van der Waals surface area contributed by atoms with Crippen molar-refractivity contribution in [2.24, 2.45) is 0 Å². The number of aryl methyl sites for hydroxylation is 2. The van der Waals surface area contributed by atoms with Crippen LogP contribution in [0.4, 0.5) is 0 Å². The highest BCUT2D eigenvalue weighted by Crippen LogP contribution is 2.18. The van der Waals surface area contributed by atoms with E-state index in [-0.39, 0.29) is 12.3 Å². The van der Waals surface area contributed by atoms with Gasteiger partial charge in [0.25, 0.3) is 0 Å². The van der Waals surface area contributed by atoms with E-state index in [1.165, 1.54) is 4.90 Å². The Morgan fingerprint density at radius 1 is 1.56 bits per heavy atom. The summed E-state index contributed by atoms with van der Waals surface area (Å²) >= 11 is 0. The first-order chi connectivity index (χ1) is 8.58. The number of aromatic nitrogens is 2. The van der Waals surface area contributed by atoms with Gasteiger partial charge < -0.3 is 14.5 Å². The van der Waals surface area contributed by atoms with Crippen LogP contribution in [0.2, 0.25) is 0 Å². The first-order valence-corrected chi connectivity index (χ1v) is 5.89. The number of likely N-dealkylation sites (tertiary alicyclic amines) is 1. The van der Waals surface area contributed by atoms with Crippen LogP contribution in [0.1, 0.15) is 31.0 Å². The van der Waals surface area contributed by atoms with Gasteiger partial charge in [-0.3, -0.25) is 4.79 Å². The summed E-state index contributed by atoms with van der Waals surface area (Å²) < 4.78 is 4.90. The molecule has 0 unspecified atom stereocenters. The highest BCUT2D eigenvalue weighted by atomic mass is 16.5. The molecule has 1 saturated heterocycles. The molecule has 0 aliphatic carbocycles. The summed E-state index contributed by atoms with van der Waals surface area (Å²) in [6, 6.07) is -0.679. The average molecular weight is 253 g/mol. The van der Waals surface area contributed by atoms with Crippen molar-refractivity contribution in [2.45, 2.75) is 38.6 Å². The molecule has 1 amide bonds. The lowest BCUT2D eigenvalue weighted by molar-refractivity contribution is -0.148. The molecule has 7 heteroatoms. The molecule has 1 aromatic heterocycles. The topological polar surface area (TPSA) is 96.5 Å². The summed E-state index contributed by atoms with van der Waals surface area (Å²) in [5, 5.41) is 12.6. The van der Waals surface area contributed by atoms with E-state index >= 15 is 0 Å². The number of rotatable bonds is 4. The Bertz CT molecular complexity index is 457. The smallest absolute Gasteiger partial charge is 0.326 e. The lowest BCUT2D eigenvalue weighted by Crippen LogP contribution is -2.40. The molecular formula is C11H15N3O4. The second-order valence-electron chi connectivity index (χ2n) is 4.32. The third-order valence-electron chi connectivity index (χ3n) is 2.98. The van der Waals surface area contributed by atoms with Gasteiger partial charge in [-0.15, -0.1) is 0 Å². The number of amides is 1. The van der Waals surface area contributed by atoms with Crippen molar-refractivity contribution in [3.63, 3.8) is 0 Å². The van der Waals surface area contributed by atoms with Gasteiger partial charge in [-0.2, -0.15) is 4.98 Å². The highest BCUT2D eigenvalue weighted by Gasteiger charge is 2.33. The normalized spacial score (nSPS) is 19.2. The molecule has 18 heavy (non-hydrogen) atoms. The van der Waals surface area contributed by atoms with Crippen LogP contribution in [0.25, 0.3) is 0 Å². The summed E-state index contributed by atoms with van der Waals surface area (Å²) in [6.45, 7) is 2.22. The zero-order valence-corrected chi connectivity index (χ0v) is 10.1. The fourth-order valence-corrected chi connectivity index (χ4v) is 2.12. The second kappa shape index (κ2) is 5.16. The number of carbonyl (C=O) groups excluding carboxylic acids is 1. The minimum Gasteiger partial charge on any atom is -0.480 e. The SMILES string of the molecule is Cc1noc(CCC(=O)N2CCC[C@H]2C(=O)O)n1. The molecule has 0 spiro atoms. The monoisotopic (exact) mass is 253 g/mol. The van der Waals surface area contributed by atoms with Crippen LogP contribution in [0.5, 0.6) is 0 Å². The third kappa shape index (κ3) is 2.66. The fourth-order valence-electron chi connectivity index (χ4n) is 2.12. The van der Waals surface area contributed by atoms with Crippen molar-refractivity contribution in [1.29, 1.82) is 0 Å². The quantitative estimate of drug-likeness (QED) is 0.833. The van der Waals surface area contributed by atoms with Gasteiger partial charge in [0.1, 0.15) is 6.04 Å². The Morgan fingerprint density at radius 3 is 2.94 bits per heavy atom. The van der Waals surface area contributed by atoms with Crippen LogP contribution in [-0.4, -0.2) is 44.6 Å². The fraction of sp³-hybridized carbons (Fsp3) is 0.636. The van der Waals surface area contributed by atoms with Crippen LogP contribution >= 0.6 is 0 Å². The number of carbonyl (C=O) groups is 2. The van der Waals surface area contributed by atoms with Crippen LogP contribution < -0.4 is 0 Å². The minimum atomic E-state index is -0.936. The van der Waals surface area contributed by atoms with E-state index < -0.39 is 12.0 Å². The molecule has 0 radical (unpaired) electrons. The lowest BCUT2D eigenvalue weighted by Gasteiger charge is -2.20. The van der Waals surface area contributed by atoms with Crippen LogP contribution in [0, 0.1) is 6.92 Å². The van der Waals surface area contributed by atoms with Crippen LogP contribution in [0.15, 0.2) is 4.52 Å². The van der Waals surface area contributed by atoms with E-state index in [1.807, 2.05) is 0 Å². The Labute approximate surface area is 104 Å². The predicted molar refractivity (Wildman–Crippen MR) is 59.7 cm³/mol. The second-order valence-corrected chi connectivity index (χ2v) is 4.32. The standard InChI is InChI=1S/C11H15N3O4/c1-7-12-9(18-13-7)4-5-10(15)14-6-2-3-8(14)11(16)17/h8H,2-6H2,1H3,(H,16,17)/t8-/m0/s1. The maximum absolute atomic E-state index is 11.9. The molecule has 1 fully saturated rings. The van der Waals surface area contributed by atoms with Crippen molar-refractivity contribution in [3.8, 4) is 0 Å². The molecular weight excluding hydrogens is 238 g/mol. The van der Waals surface area contributed by atoms with Gasteiger partial charge in [-0.05, 0) is 19.8 Å². The summed E-state index contributed by atoms with van der Waals surface area (Å²) in [7, 11) is 0. The number of nitrogens with zero attached hydrogens (tertiary/aromatic N) is 3. The zero-order chi connectivity index (χ0) is 13.1. The number of hydrogen-bond donors (Lipinski definition) is 1. The van der Waals surface area contributed by atoms with Gasteiger partial charge in [0.2, 0.25) is 11.8 Å². The molecule has 0 saturated carbocycles. The molecule has 2 rings (SSSR count). The molecule has 7 nitrogen and oxygen atoms in total. The minimum absolute atomic E-state index is 0.171. The Morgan fingerprint density at radius 2 is 2.33 bits per heavy atom. The molecule has 1 atom stereocenters. The molecule has 1 N–H and O–H groups in total. The van der Waals surface area contributed by atoms with Gasteiger partial charge in [0.05, 0.1) is 0 Å². The van der Waals surface area contributed by atoms with E-state index in [1.54, 1.807) is 6.92 Å². The molecule has 0 bridgehead atoms. The van der Waals surface area contributed by atoms with Gasteiger partial charge in [-0.25, -0.2) is 4.79 Å². The summed E-state index contributed by atoms with van der Waals surface area (Å²) in [5.74, 6) is -0.167. The Balaban J connectivity index is 1.89. The van der Waals surface area contributed by atoms with Crippen molar-refractivity contribution < 1.29 is 19.2 Å². The predicted octanol–water partition coefficient (Wildman–Crippen LogP) is 0.386. The first-order valence-electron chi connectivity index (χ1n) is 5.89. The Hall–Kier alpha value is -1.92.